The summed E-state index contributed by atoms with van der Waals surface area (Å²) in [4.78, 5) is 27.1. The minimum absolute atomic E-state index is 0.233. The molecule has 4 N–H and O–H groups in total. The molecule has 1 aromatic carbocycles. The summed E-state index contributed by atoms with van der Waals surface area (Å²) >= 11 is 0. The van der Waals surface area contributed by atoms with E-state index in [9.17, 15) is 9.59 Å². The van der Waals surface area contributed by atoms with Gasteiger partial charge in [0, 0.05) is 5.56 Å². The number of H-pyrrole nitrogens is 2. The van der Waals surface area contributed by atoms with E-state index >= 15 is 0 Å². The van der Waals surface area contributed by atoms with Crippen LogP contribution in [0.4, 0.5) is 0 Å². The van der Waals surface area contributed by atoms with Gasteiger partial charge in [0.1, 0.15) is 17.9 Å². The van der Waals surface area contributed by atoms with Gasteiger partial charge in [0.25, 0.3) is 5.91 Å². The van der Waals surface area contributed by atoms with E-state index in [4.69, 9.17) is 5.11 Å². The van der Waals surface area contributed by atoms with Gasteiger partial charge in [-0.1, -0.05) is 29.8 Å². The van der Waals surface area contributed by atoms with E-state index < -0.39 is 12.0 Å². The van der Waals surface area contributed by atoms with Gasteiger partial charge in [-0.3, -0.25) is 19.8 Å². The number of amides is 1. The minimum atomic E-state index is -1.01. The molecule has 0 aliphatic carbocycles. The lowest BCUT2D eigenvalue weighted by molar-refractivity contribution is -0.136. The molecule has 134 valence electrons. The minimum Gasteiger partial charge on any atom is -0.481 e. The molecule has 0 radical (unpaired) electrons. The van der Waals surface area contributed by atoms with Crippen molar-refractivity contribution < 1.29 is 14.7 Å². The molecule has 1 atom stereocenters. The maximum Gasteiger partial charge on any atom is 0.311 e. The van der Waals surface area contributed by atoms with E-state index in [2.05, 4.69) is 30.7 Å². The SMILES string of the molecule is Cc1ccc(-c2cc(C(=O)NC(C)c3n[nH]c(CC(=O)O)n3)[nH]n2)cc1. The van der Waals surface area contributed by atoms with Crippen LogP contribution in [-0.2, 0) is 11.2 Å². The second-order valence-electron chi connectivity index (χ2n) is 5.94. The second-order valence-corrected chi connectivity index (χ2v) is 5.94. The fourth-order valence-corrected chi connectivity index (χ4v) is 2.38. The predicted molar refractivity (Wildman–Crippen MR) is 92.4 cm³/mol. The van der Waals surface area contributed by atoms with Crippen LogP contribution in [0.25, 0.3) is 11.3 Å². The molecule has 0 aliphatic rings. The van der Waals surface area contributed by atoms with Crippen LogP contribution in [0.2, 0.25) is 0 Å². The van der Waals surface area contributed by atoms with Crippen molar-refractivity contribution in [3.63, 3.8) is 0 Å². The third kappa shape index (κ3) is 3.94. The summed E-state index contributed by atoms with van der Waals surface area (Å²) in [5, 5.41) is 24.9. The number of carboxylic acids is 1. The van der Waals surface area contributed by atoms with Crippen LogP contribution in [0, 0.1) is 6.92 Å². The Hall–Kier alpha value is -3.49. The zero-order chi connectivity index (χ0) is 18.7. The summed E-state index contributed by atoms with van der Waals surface area (Å²) in [5.41, 5.74) is 3.04. The first-order valence-corrected chi connectivity index (χ1v) is 7.98. The summed E-state index contributed by atoms with van der Waals surface area (Å²) in [6.45, 7) is 3.71. The van der Waals surface area contributed by atoms with Gasteiger partial charge in [0.2, 0.25) is 0 Å². The molecule has 0 spiro atoms. The highest BCUT2D eigenvalue weighted by Crippen LogP contribution is 2.18. The first kappa shape index (κ1) is 17.3. The van der Waals surface area contributed by atoms with Crippen LogP contribution in [0.3, 0.4) is 0 Å². The largest absolute Gasteiger partial charge is 0.481 e. The smallest absolute Gasteiger partial charge is 0.311 e. The molecule has 0 fully saturated rings. The normalized spacial score (nSPS) is 11.9. The molecule has 0 aliphatic heterocycles. The average Bonchev–Trinajstić information content (AvgIpc) is 3.24. The Bertz CT molecular complexity index is 928. The van der Waals surface area contributed by atoms with Crippen LogP contribution in [0.1, 0.15) is 40.7 Å². The molecule has 1 amide bonds. The number of aryl methyl sites for hydroxylation is 1. The van der Waals surface area contributed by atoms with Gasteiger partial charge in [-0.2, -0.15) is 10.2 Å². The van der Waals surface area contributed by atoms with E-state index in [0.29, 0.717) is 17.2 Å². The Morgan fingerprint density at radius 1 is 1.19 bits per heavy atom. The van der Waals surface area contributed by atoms with Crippen LogP contribution in [0.15, 0.2) is 30.3 Å². The molecule has 9 heteroatoms. The molecule has 0 saturated carbocycles. The maximum atomic E-state index is 12.4. The van der Waals surface area contributed by atoms with E-state index in [0.717, 1.165) is 11.1 Å². The van der Waals surface area contributed by atoms with Crippen molar-refractivity contribution in [2.24, 2.45) is 0 Å². The summed E-state index contributed by atoms with van der Waals surface area (Å²) < 4.78 is 0. The van der Waals surface area contributed by atoms with E-state index in [1.807, 2.05) is 31.2 Å². The molecule has 1 unspecified atom stereocenters. The van der Waals surface area contributed by atoms with Gasteiger partial charge in [-0.05, 0) is 19.9 Å². The molecular formula is C17H18N6O3. The highest BCUT2D eigenvalue weighted by Gasteiger charge is 2.18. The lowest BCUT2D eigenvalue weighted by Gasteiger charge is -2.08. The van der Waals surface area contributed by atoms with Gasteiger partial charge >= 0.3 is 5.97 Å². The number of aromatic amines is 2. The molecule has 3 rings (SSSR count). The summed E-state index contributed by atoms with van der Waals surface area (Å²) in [7, 11) is 0. The average molecular weight is 354 g/mol. The lowest BCUT2D eigenvalue weighted by atomic mass is 10.1. The molecule has 26 heavy (non-hydrogen) atoms. The molecular weight excluding hydrogens is 336 g/mol. The fraction of sp³-hybridized carbons (Fsp3) is 0.235. The maximum absolute atomic E-state index is 12.4. The van der Waals surface area contributed by atoms with Gasteiger partial charge < -0.3 is 10.4 Å². The van der Waals surface area contributed by atoms with Crippen LogP contribution in [-0.4, -0.2) is 42.4 Å². The first-order chi connectivity index (χ1) is 12.4. The first-order valence-electron chi connectivity index (χ1n) is 7.98. The Labute approximate surface area is 148 Å². The number of carboxylic acid groups (broad SMARTS) is 1. The van der Waals surface area contributed by atoms with Crippen LogP contribution < -0.4 is 5.32 Å². The summed E-state index contributed by atoms with van der Waals surface area (Å²) in [6.07, 6.45) is -0.256. The van der Waals surface area contributed by atoms with Crippen molar-refractivity contribution in [2.75, 3.05) is 0 Å². The van der Waals surface area contributed by atoms with Gasteiger partial charge in [0.15, 0.2) is 5.82 Å². The molecule has 0 bridgehead atoms. The molecule has 2 aromatic heterocycles. The zero-order valence-corrected chi connectivity index (χ0v) is 14.3. The second kappa shape index (κ2) is 7.18. The topological polar surface area (TPSA) is 137 Å². The number of rotatable bonds is 6. The number of benzene rings is 1. The predicted octanol–water partition coefficient (Wildman–Crippen LogP) is 1.62. The van der Waals surface area contributed by atoms with Gasteiger partial charge in [-0.25, -0.2) is 4.98 Å². The quantitative estimate of drug-likeness (QED) is 0.531. The number of carbonyl (C=O) groups excluding carboxylic acids is 1. The third-order valence-electron chi connectivity index (χ3n) is 3.77. The Morgan fingerprint density at radius 2 is 1.92 bits per heavy atom. The summed E-state index contributed by atoms with van der Waals surface area (Å²) in [6, 6.07) is 9.00. The number of nitrogens with zero attached hydrogens (tertiary/aromatic N) is 3. The van der Waals surface area contributed by atoms with Crippen molar-refractivity contribution >= 4 is 11.9 Å². The van der Waals surface area contributed by atoms with Gasteiger partial charge in [-0.15, -0.1) is 0 Å². The Balaban J connectivity index is 1.67. The highest BCUT2D eigenvalue weighted by molar-refractivity contribution is 5.93. The van der Waals surface area contributed by atoms with Crippen molar-refractivity contribution in [3.05, 3.63) is 53.2 Å². The Kier molecular flexibility index (Phi) is 4.78. The van der Waals surface area contributed by atoms with E-state index in [-0.39, 0.29) is 18.2 Å². The number of hydrogen-bond acceptors (Lipinski definition) is 5. The Morgan fingerprint density at radius 3 is 2.62 bits per heavy atom. The number of carbonyl (C=O) groups is 2. The number of aromatic nitrogens is 5. The third-order valence-corrected chi connectivity index (χ3v) is 3.77. The van der Waals surface area contributed by atoms with Crippen LogP contribution in [0.5, 0.6) is 0 Å². The van der Waals surface area contributed by atoms with E-state index in [1.165, 1.54) is 0 Å². The van der Waals surface area contributed by atoms with E-state index in [1.54, 1.807) is 13.0 Å². The number of nitrogens with one attached hydrogen (secondary N) is 3. The van der Waals surface area contributed by atoms with Crippen molar-refractivity contribution in [1.82, 2.24) is 30.7 Å². The number of aliphatic carboxylic acids is 1. The van der Waals surface area contributed by atoms with Crippen molar-refractivity contribution in [2.45, 2.75) is 26.3 Å². The molecule has 0 saturated heterocycles. The van der Waals surface area contributed by atoms with Crippen molar-refractivity contribution in [1.29, 1.82) is 0 Å². The zero-order valence-electron chi connectivity index (χ0n) is 14.3. The molecule has 3 aromatic rings. The van der Waals surface area contributed by atoms with Crippen LogP contribution >= 0.6 is 0 Å². The fourth-order valence-electron chi connectivity index (χ4n) is 2.38. The lowest BCUT2D eigenvalue weighted by Crippen LogP contribution is -2.27. The monoisotopic (exact) mass is 354 g/mol. The molecule has 9 nitrogen and oxygen atoms in total. The summed E-state index contributed by atoms with van der Waals surface area (Å²) in [5.74, 6) is -0.817. The standard InChI is InChI=1S/C17H18N6O3/c1-9-3-5-11(6-4-9)12-7-13(21-20-12)17(26)18-10(2)16-19-14(22-23-16)8-15(24)25/h3-7,10H,8H2,1-2H3,(H,18,26)(H,20,21)(H,24,25)(H,19,22,23). The van der Waals surface area contributed by atoms with Crippen molar-refractivity contribution in [3.8, 4) is 11.3 Å². The van der Waals surface area contributed by atoms with Gasteiger partial charge in [0.05, 0.1) is 11.7 Å². The number of hydrogen-bond donors (Lipinski definition) is 4. The molecule has 2 heterocycles. The highest BCUT2D eigenvalue weighted by atomic mass is 16.4.